The van der Waals surface area contributed by atoms with Crippen molar-refractivity contribution in [3.05, 3.63) is 65.1 Å². The van der Waals surface area contributed by atoms with Crippen LogP contribution in [0.1, 0.15) is 26.3 Å². The van der Waals surface area contributed by atoms with Crippen LogP contribution in [0.4, 0.5) is 10.1 Å². The fourth-order valence-electron chi connectivity index (χ4n) is 3.64. The smallest absolute Gasteiger partial charge is 0.265 e. The maximum Gasteiger partial charge on any atom is 0.265 e. The van der Waals surface area contributed by atoms with Gasteiger partial charge in [-0.25, -0.2) is 12.8 Å². The van der Waals surface area contributed by atoms with Gasteiger partial charge in [-0.15, -0.1) is 0 Å². The number of sulfonamides is 1. The SMILES string of the molecule is COc1c2c(c(N(C)S(C)(=O)=O)c3cccnc13)C(=O)N(Cc1ccc(F)cc1)C2=O. The summed E-state index contributed by atoms with van der Waals surface area (Å²) >= 11 is 0. The van der Waals surface area contributed by atoms with Crippen molar-refractivity contribution in [2.75, 3.05) is 24.7 Å². The lowest BCUT2D eigenvalue weighted by Gasteiger charge is -2.22. The molecule has 2 amide bonds. The third-order valence-electron chi connectivity index (χ3n) is 5.18. The quantitative estimate of drug-likeness (QED) is 0.563. The highest BCUT2D eigenvalue weighted by Crippen LogP contribution is 2.44. The molecular formula is C21H18FN3O5S. The Kier molecular flexibility index (Phi) is 4.89. The van der Waals surface area contributed by atoms with Gasteiger partial charge in [-0.3, -0.25) is 23.8 Å². The van der Waals surface area contributed by atoms with E-state index >= 15 is 0 Å². The van der Waals surface area contributed by atoms with Crippen molar-refractivity contribution in [2.45, 2.75) is 6.54 Å². The van der Waals surface area contributed by atoms with Crippen molar-refractivity contribution < 1.29 is 27.1 Å². The van der Waals surface area contributed by atoms with Crippen molar-refractivity contribution in [2.24, 2.45) is 0 Å². The number of imide groups is 1. The van der Waals surface area contributed by atoms with E-state index in [0.717, 1.165) is 15.5 Å². The molecular weight excluding hydrogens is 425 g/mol. The molecule has 1 aromatic heterocycles. The van der Waals surface area contributed by atoms with Gasteiger partial charge in [0.15, 0.2) is 5.75 Å². The molecule has 0 spiro atoms. The molecule has 0 atom stereocenters. The van der Waals surface area contributed by atoms with Gasteiger partial charge in [0.05, 0.1) is 36.7 Å². The van der Waals surface area contributed by atoms with Crippen LogP contribution in [0.15, 0.2) is 42.6 Å². The molecule has 0 radical (unpaired) electrons. The highest BCUT2D eigenvalue weighted by Gasteiger charge is 2.43. The Bertz CT molecular complexity index is 1340. The summed E-state index contributed by atoms with van der Waals surface area (Å²) in [5, 5.41) is 0.357. The molecule has 2 heterocycles. The molecule has 8 nitrogen and oxygen atoms in total. The van der Waals surface area contributed by atoms with Gasteiger partial charge < -0.3 is 4.74 Å². The number of fused-ring (bicyclic) bond motifs is 2. The largest absolute Gasteiger partial charge is 0.494 e. The van der Waals surface area contributed by atoms with Crippen molar-refractivity contribution in [3.8, 4) is 5.75 Å². The lowest BCUT2D eigenvalue weighted by molar-refractivity contribution is 0.0641. The fraction of sp³-hybridized carbons (Fsp3) is 0.190. The topological polar surface area (TPSA) is 96.9 Å². The molecule has 0 saturated carbocycles. The monoisotopic (exact) mass is 443 g/mol. The van der Waals surface area contributed by atoms with Gasteiger partial charge in [0, 0.05) is 18.6 Å². The Balaban J connectivity index is 1.98. The first-order chi connectivity index (χ1) is 14.6. The Hall–Kier alpha value is -3.53. The number of aromatic nitrogens is 1. The number of benzene rings is 2. The van der Waals surface area contributed by atoms with Crippen LogP contribution in [0, 0.1) is 5.82 Å². The number of hydrogen-bond acceptors (Lipinski definition) is 6. The number of anilines is 1. The summed E-state index contributed by atoms with van der Waals surface area (Å²) in [4.78, 5) is 31.9. The van der Waals surface area contributed by atoms with E-state index in [9.17, 15) is 22.4 Å². The molecule has 10 heteroatoms. The van der Waals surface area contributed by atoms with Gasteiger partial charge in [-0.05, 0) is 29.8 Å². The molecule has 1 aliphatic rings. The van der Waals surface area contributed by atoms with Gasteiger partial charge >= 0.3 is 0 Å². The lowest BCUT2D eigenvalue weighted by atomic mass is 10.0. The number of pyridine rings is 1. The average molecular weight is 443 g/mol. The molecule has 0 saturated heterocycles. The predicted octanol–water partition coefficient (Wildman–Crippen LogP) is 2.57. The number of amides is 2. The van der Waals surface area contributed by atoms with Crippen LogP contribution in [0.3, 0.4) is 0 Å². The maximum atomic E-state index is 13.4. The van der Waals surface area contributed by atoms with E-state index in [1.165, 1.54) is 44.6 Å². The number of nitrogens with zero attached hydrogens (tertiary/aromatic N) is 3. The number of hydrogen-bond donors (Lipinski definition) is 0. The van der Waals surface area contributed by atoms with Gasteiger partial charge in [-0.1, -0.05) is 12.1 Å². The van der Waals surface area contributed by atoms with Crippen LogP contribution in [0.2, 0.25) is 0 Å². The Morgan fingerprint density at radius 1 is 1.10 bits per heavy atom. The molecule has 1 aliphatic heterocycles. The normalized spacial score (nSPS) is 13.6. The van der Waals surface area contributed by atoms with Crippen LogP contribution < -0.4 is 9.04 Å². The van der Waals surface area contributed by atoms with Crippen molar-refractivity contribution in [3.63, 3.8) is 0 Å². The molecule has 0 fully saturated rings. The molecule has 0 bridgehead atoms. The first kappa shape index (κ1) is 20.7. The average Bonchev–Trinajstić information content (AvgIpc) is 2.97. The lowest BCUT2D eigenvalue weighted by Crippen LogP contribution is -2.30. The minimum absolute atomic E-state index is 0.0497. The van der Waals surface area contributed by atoms with E-state index in [-0.39, 0.29) is 34.6 Å². The van der Waals surface area contributed by atoms with Crippen molar-refractivity contribution in [1.29, 1.82) is 0 Å². The minimum Gasteiger partial charge on any atom is -0.494 e. The Morgan fingerprint density at radius 3 is 2.35 bits per heavy atom. The van der Waals surface area contributed by atoms with E-state index < -0.39 is 27.7 Å². The fourth-order valence-corrected chi connectivity index (χ4v) is 4.17. The van der Waals surface area contributed by atoms with E-state index in [4.69, 9.17) is 4.74 Å². The van der Waals surface area contributed by atoms with Crippen LogP contribution in [0.25, 0.3) is 10.9 Å². The molecule has 3 aromatic rings. The van der Waals surface area contributed by atoms with Crippen molar-refractivity contribution >= 4 is 38.4 Å². The summed E-state index contributed by atoms with van der Waals surface area (Å²) in [6.45, 7) is -0.110. The van der Waals surface area contributed by atoms with E-state index in [2.05, 4.69) is 4.98 Å². The highest BCUT2D eigenvalue weighted by atomic mass is 32.2. The number of halogens is 1. The number of carbonyl (C=O) groups is 2. The number of rotatable bonds is 5. The first-order valence-corrected chi connectivity index (χ1v) is 11.0. The number of carbonyl (C=O) groups excluding carboxylic acids is 2. The summed E-state index contributed by atoms with van der Waals surface area (Å²) < 4.78 is 44.4. The van der Waals surface area contributed by atoms with Crippen LogP contribution >= 0.6 is 0 Å². The van der Waals surface area contributed by atoms with E-state index in [1.54, 1.807) is 12.1 Å². The van der Waals surface area contributed by atoms with Crippen LogP contribution in [0.5, 0.6) is 5.75 Å². The van der Waals surface area contributed by atoms with Gasteiger partial charge in [-0.2, -0.15) is 0 Å². The zero-order valence-electron chi connectivity index (χ0n) is 16.9. The van der Waals surface area contributed by atoms with Gasteiger partial charge in [0.25, 0.3) is 11.8 Å². The first-order valence-electron chi connectivity index (χ1n) is 9.18. The standard InChI is InChI=1S/C21H18FN3O5S/c1-24(31(3,28)29)18-14-5-4-10-23-17(14)19(30-2)16-15(18)20(26)25(21(16)27)11-12-6-8-13(22)9-7-12/h4-10H,11H2,1-3H3. The molecule has 0 aliphatic carbocycles. The molecule has 31 heavy (non-hydrogen) atoms. The van der Waals surface area contributed by atoms with Gasteiger partial charge in [0.2, 0.25) is 10.0 Å². The molecule has 4 rings (SSSR count). The molecule has 0 unspecified atom stereocenters. The predicted molar refractivity (Wildman–Crippen MR) is 112 cm³/mol. The molecule has 0 N–H and O–H groups in total. The second-order valence-electron chi connectivity index (χ2n) is 7.08. The summed E-state index contributed by atoms with van der Waals surface area (Å²) in [5.74, 6) is -1.66. The summed E-state index contributed by atoms with van der Waals surface area (Å²) in [6, 6.07) is 8.62. The summed E-state index contributed by atoms with van der Waals surface area (Å²) in [7, 11) is -1.11. The number of ether oxygens (including phenoxy) is 1. The Labute approximate surface area is 177 Å². The summed E-state index contributed by atoms with van der Waals surface area (Å²) in [6.07, 6.45) is 2.49. The second kappa shape index (κ2) is 7.31. The van der Waals surface area contributed by atoms with Crippen LogP contribution in [-0.4, -0.2) is 50.5 Å². The summed E-state index contributed by atoms with van der Waals surface area (Å²) in [5.41, 5.74) is 0.736. The third-order valence-corrected chi connectivity index (χ3v) is 6.36. The molecule has 2 aromatic carbocycles. The van der Waals surface area contributed by atoms with E-state index in [1.807, 2.05) is 0 Å². The van der Waals surface area contributed by atoms with Crippen molar-refractivity contribution in [1.82, 2.24) is 9.88 Å². The van der Waals surface area contributed by atoms with E-state index in [0.29, 0.717) is 10.9 Å². The third kappa shape index (κ3) is 3.28. The highest BCUT2D eigenvalue weighted by molar-refractivity contribution is 7.92. The van der Waals surface area contributed by atoms with Gasteiger partial charge in [0.1, 0.15) is 11.3 Å². The molecule has 160 valence electrons. The van der Waals surface area contributed by atoms with Crippen LogP contribution in [-0.2, 0) is 16.6 Å². The Morgan fingerprint density at radius 2 is 1.74 bits per heavy atom. The second-order valence-corrected chi connectivity index (χ2v) is 9.10. The number of methoxy groups -OCH3 is 1. The zero-order valence-corrected chi connectivity index (χ0v) is 17.7. The zero-order chi connectivity index (χ0) is 22.5. The maximum absolute atomic E-state index is 13.4. The minimum atomic E-state index is -3.77.